The fourth-order valence-corrected chi connectivity index (χ4v) is 4.32. The Kier molecular flexibility index (Phi) is 8.51. The Morgan fingerprint density at radius 3 is 2.64 bits per heavy atom. The predicted molar refractivity (Wildman–Crippen MR) is 134 cm³/mol. The van der Waals surface area contributed by atoms with Crippen LogP contribution in [0.2, 0.25) is 10.0 Å². The van der Waals surface area contributed by atoms with Crippen LogP contribution in [0.25, 0.3) is 6.08 Å². The number of nitrogens with zero attached hydrogens (tertiary/aromatic N) is 1. The summed E-state index contributed by atoms with van der Waals surface area (Å²) in [7, 11) is 0. The molecule has 0 saturated carbocycles. The lowest BCUT2D eigenvalue weighted by Crippen LogP contribution is -2.28. The molecule has 1 saturated heterocycles. The molecular formula is C25H21Cl2NO4S. The number of rotatable bonds is 9. The molecule has 1 heterocycles. The molecule has 0 radical (unpaired) electrons. The first kappa shape index (κ1) is 24.8. The van der Waals surface area contributed by atoms with E-state index in [9.17, 15) is 9.59 Å². The van der Waals surface area contributed by atoms with Gasteiger partial charge in [-0.1, -0.05) is 41.3 Å². The van der Waals surface area contributed by atoms with Crippen molar-refractivity contribution in [2.45, 2.75) is 20.0 Å². The van der Waals surface area contributed by atoms with Crippen LogP contribution in [-0.4, -0.2) is 29.2 Å². The molecule has 1 aliphatic rings. The quantitative estimate of drug-likeness (QED) is 0.227. The second kappa shape index (κ2) is 11.3. The maximum Gasteiger partial charge on any atom is 0.294 e. The molecule has 0 bridgehead atoms. The first-order valence-electron chi connectivity index (χ1n) is 10.0. The topological polar surface area (TPSA) is 55.8 Å². The second-order valence-corrected chi connectivity index (χ2v) is 8.75. The average Bonchev–Trinajstić information content (AvgIpc) is 3.03. The van der Waals surface area contributed by atoms with Gasteiger partial charge in [-0.25, -0.2) is 0 Å². The smallest absolute Gasteiger partial charge is 0.294 e. The van der Waals surface area contributed by atoms with Crippen LogP contribution in [0, 0.1) is 12.3 Å². The zero-order valence-corrected chi connectivity index (χ0v) is 20.2. The summed E-state index contributed by atoms with van der Waals surface area (Å²) in [6.07, 6.45) is 9.18. The third-order valence-electron chi connectivity index (χ3n) is 4.61. The van der Waals surface area contributed by atoms with Crippen molar-refractivity contribution >= 4 is 52.2 Å². The van der Waals surface area contributed by atoms with E-state index in [0.29, 0.717) is 45.0 Å². The summed E-state index contributed by atoms with van der Waals surface area (Å²) < 4.78 is 12.0. The van der Waals surface area contributed by atoms with Crippen molar-refractivity contribution in [3.05, 3.63) is 74.6 Å². The molecule has 0 aromatic heterocycles. The molecule has 2 aromatic rings. The summed E-state index contributed by atoms with van der Waals surface area (Å²) in [6, 6.07) is 8.95. The molecule has 0 atom stereocenters. The number of hydrogen-bond acceptors (Lipinski definition) is 5. The lowest BCUT2D eigenvalue weighted by Gasteiger charge is -2.17. The van der Waals surface area contributed by atoms with Gasteiger partial charge in [0.1, 0.15) is 6.61 Å². The number of amides is 2. The number of imide groups is 1. The van der Waals surface area contributed by atoms with E-state index in [-0.39, 0.29) is 18.4 Å². The van der Waals surface area contributed by atoms with E-state index in [4.69, 9.17) is 39.1 Å². The monoisotopic (exact) mass is 501 g/mol. The fourth-order valence-electron chi connectivity index (χ4n) is 3.16. The molecule has 3 rings (SSSR count). The van der Waals surface area contributed by atoms with E-state index in [1.165, 1.54) is 0 Å². The Labute approximate surface area is 207 Å². The molecule has 33 heavy (non-hydrogen) atoms. The first-order chi connectivity index (χ1) is 15.9. The minimum atomic E-state index is -0.411. The molecule has 170 valence electrons. The van der Waals surface area contributed by atoms with Crippen molar-refractivity contribution in [3.8, 4) is 23.8 Å². The van der Waals surface area contributed by atoms with E-state index in [0.717, 1.165) is 27.8 Å². The molecule has 2 amide bonds. The Balaban J connectivity index is 1.95. The molecule has 1 aliphatic heterocycles. The van der Waals surface area contributed by atoms with Gasteiger partial charge in [0, 0.05) is 5.56 Å². The van der Waals surface area contributed by atoms with Crippen LogP contribution in [0.1, 0.15) is 23.6 Å². The largest absolute Gasteiger partial charge is 0.490 e. The van der Waals surface area contributed by atoms with Crippen LogP contribution in [0.5, 0.6) is 11.5 Å². The maximum absolute atomic E-state index is 12.5. The number of allylic oxidation sites excluding steroid dienone is 1. The Hall–Kier alpha value is -2.85. The fraction of sp³-hybridized carbons (Fsp3) is 0.200. The Morgan fingerprint density at radius 1 is 1.18 bits per heavy atom. The van der Waals surface area contributed by atoms with Gasteiger partial charge in [-0.3, -0.25) is 14.5 Å². The standard InChI is InChI=1S/C25H21Cl2NO4S/c1-4-7-18-11-17(14-22-24(29)28(10-5-2)25(30)33-22)13-21(31-6-3)23(18)32-15-16-8-9-19(26)20(27)12-16/h2,4,8-9,11-14H,1,6-7,10,15H2,3H3/b22-14+. The van der Waals surface area contributed by atoms with Crippen molar-refractivity contribution in [1.82, 2.24) is 4.90 Å². The SMILES string of the molecule is C#CCN1C(=O)S/C(=C/c2cc(CC=C)c(OCc3ccc(Cl)c(Cl)c3)c(OCC)c2)C1=O. The summed E-state index contributed by atoms with van der Waals surface area (Å²) in [5.41, 5.74) is 2.37. The number of benzene rings is 2. The highest BCUT2D eigenvalue weighted by atomic mass is 35.5. The molecule has 0 spiro atoms. The number of terminal acetylenes is 1. The molecule has 8 heteroatoms. The lowest BCUT2D eigenvalue weighted by atomic mass is 10.0. The lowest BCUT2D eigenvalue weighted by molar-refractivity contribution is -0.122. The van der Waals surface area contributed by atoms with Gasteiger partial charge in [-0.2, -0.15) is 0 Å². The summed E-state index contributed by atoms with van der Waals surface area (Å²) in [5.74, 6) is 3.01. The Bertz CT molecular complexity index is 1170. The number of carbonyl (C=O) groups is 2. The van der Waals surface area contributed by atoms with E-state index >= 15 is 0 Å². The number of carbonyl (C=O) groups excluding carboxylic acids is 2. The predicted octanol–water partition coefficient (Wildman–Crippen LogP) is 6.37. The maximum atomic E-state index is 12.5. The molecule has 0 aliphatic carbocycles. The number of hydrogen-bond donors (Lipinski definition) is 0. The second-order valence-electron chi connectivity index (χ2n) is 6.94. The van der Waals surface area contributed by atoms with Gasteiger partial charge in [0.05, 0.1) is 28.1 Å². The van der Waals surface area contributed by atoms with E-state index in [1.54, 1.807) is 30.4 Å². The van der Waals surface area contributed by atoms with Crippen molar-refractivity contribution in [1.29, 1.82) is 0 Å². The van der Waals surface area contributed by atoms with Gasteiger partial charge < -0.3 is 9.47 Å². The van der Waals surface area contributed by atoms with E-state index in [2.05, 4.69) is 12.5 Å². The summed E-state index contributed by atoms with van der Waals surface area (Å²) in [4.78, 5) is 26.0. The zero-order valence-electron chi connectivity index (χ0n) is 17.9. The minimum Gasteiger partial charge on any atom is -0.490 e. The highest BCUT2D eigenvalue weighted by Gasteiger charge is 2.34. The normalized spacial score (nSPS) is 14.5. The number of ether oxygens (including phenoxy) is 2. The van der Waals surface area contributed by atoms with Crippen LogP contribution in [-0.2, 0) is 17.8 Å². The van der Waals surface area contributed by atoms with Crippen LogP contribution in [0.15, 0.2) is 47.9 Å². The highest BCUT2D eigenvalue weighted by molar-refractivity contribution is 8.18. The van der Waals surface area contributed by atoms with Crippen LogP contribution < -0.4 is 9.47 Å². The van der Waals surface area contributed by atoms with E-state index < -0.39 is 5.91 Å². The molecule has 2 aromatic carbocycles. The highest BCUT2D eigenvalue weighted by Crippen LogP contribution is 2.38. The van der Waals surface area contributed by atoms with Gasteiger partial charge in [0.2, 0.25) is 0 Å². The van der Waals surface area contributed by atoms with Crippen LogP contribution in [0.4, 0.5) is 4.79 Å². The zero-order chi connectivity index (χ0) is 24.0. The van der Waals surface area contributed by atoms with Gasteiger partial charge in [-0.15, -0.1) is 13.0 Å². The van der Waals surface area contributed by atoms with Crippen molar-refractivity contribution in [3.63, 3.8) is 0 Å². The van der Waals surface area contributed by atoms with Crippen LogP contribution >= 0.6 is 35.0 Å². The average molecular weight is 502 g/mol. The molecule has 0 unspecified atom stereocenters. The van der Waals surface area contributed by atoms with Crippen molar-refractivity contribution in [2.24, 2.45) is 0 Å². The minimum absolute atomic E-state index is 0.0601. The van der Waals surface area contributed by atoms with Gasteiger partial charge >= 0.3 is 0 Å². The van der Waals surface area contributed by atoms with Crippen LogP contribution in [0.3, 0.4) is 0 Å². The third-order valence-corrected chi connectivity index (χ3v) is 6.25. The summed E-state index contributed by atoms with van der Waals surface area (Å²) in [5, 5.41) is 0.532. The van der Waals surface area contributed by atoms with Gasteiger partial charge in [0.15, 0.2) is 11.5 Å². The van der Waals surface area contributed by atoms with E-state index in [1.807, 2.05) is 19.1 Å². The van der Waals surface area contributed by atoms with Crippen molar-refractivity contribution < 1.29 is 19.1 Å². The Morgan fingerprint density at radius 2 is 1.97 bits per heavy atom. The van der Waals surface area contributed by atoms with Crippen molar-refractivity contribution in [2.75, 3.05) is 13.2 Å². The molecule has 5 nitrogen and oxygen atoms in total. The summed E-state index contributed by atoms with van der Waals surface area (Å²) >= 11 is 13.0. The molecule has 1 fully saturated rings. The summed E-state index contributed by atoms with van der Waals surface area (Å²) in [6.45, 7) is 6.31. The van der Waals surface area contributed by atoms with Gasteiger partial charge in [-0.05, 0) is 66.6 Å². The molecular weight excluding hydrogens is 481 g/mol. The first-order valence-corrected chi connectivity index (χ1v) is 11.6. The van der Waals surface area contributed by atoms with Gasteiger partial charge in [0.25, 0.3) is 11.1 Å². The third kappa shape index (κ3) is 5.94. The molecule has 0 N–H and O–H groups in total. The number of thioether (sulfide) groups is 1. The number of halogens is 2.